The second-order valence-electron chi connectivity index (χ2n) is 5.10. The van der Waals surface area contributed by atoms with Crippen LogP contribution in [0, 0.1) is 0 Å². The summed E-state index contributed by atoms with van der Waals surface area (Å²) in [7, 11) is 1.66. The zero-order chi connectivity index (χ0) is 14.7. The van der Waals surface area contributed by atoms with Crippen molar-refractivity contribution in [3.8, 4) is 5.75 Å². The van der Waals surface area contributed by atoms with E-state index in [1.807, 2.05) is 17.0 Å². The molecular formula is C16H17N3O2. The number of nitrogens with zero attached hydrogens (tertiary/aromatic N) is 3. The molecule has 0 aliphatic carbocycles. The van der Waals surface area contributed by atoms with Gasteiger partial charge in [-0.25, -0.2) is 4.98 Å². The molecule has 0 bridgehead atoms. The fourth-order valence-electron chi connectivity index (χ4n) is 2.66. The van der Waals surface area contributed by atoms with Gasteiger partial charge in [0.25, 0.3) is 5.91 Å². The van der Waals surface area contributed by atoms with Gasteiger partial charge in [0.2, 0.25) is 0 Å². The second-order valence-corrected chi connectivity index (χ2v) is 5.10. The Morgan fingerprint density at radius 3 is 2.76 bits per heavy atom. The van der Waals surface area contributed by atoms with Gasteiger partial charge in [-0.2, -0.15) is 0 Å². The predicted molar refractivity (Wildman–Crippen MR) is 78.3 cm³/mol. The molecule has 5 heteroatoms. The van der Waals surface area contributed by atoms with Crippen molar-refractivity contribution in [2.75, 3.05) is 20.2 Å². The number of hydrogen-bond donors (Lipinski definition) is 0. The highest BCUT2D eigenvalue weighted by Gasteiger charge is 2.28. The maximum Gasteiger partial charge on any atom is 0.274 e. The lowest BCUT2D eigenvalue weighted by molar-refractivity contribution is 0.0784. The van der Waals surface area contributed by atoms with E-state index in [1.54, 1.807) is 19.5 Å². The van der Waals surface area contributed by atoms with E-state index in [4.69, 9.17) is 4.74 Å². The lowest BCUT2D eigenvalue weighted by atomic mass is 9.98. The Kier molecular flexibility index (Phi) is 3.81. The summed E-state index contributed by atoms with van der Waals surface area (Å²) in [4.78, 5) is 22.2. The number of ether oxygens (including phenoxy) is 1. The van der Waals surface area contributed by atoms with Crippen molar-refractivity contribution in [1.29, 1.82) is 0 Å². The molecule has 1 aliphatic rings. The normalized spacial score (nSPS) is 17.8. The van der Waals surface area contributed by atoms with Gasteiger partial charge in [-0.05, 0) is 24.1 Å². The first-order valence-electron chi connectivity index (χ1n) is 6.97. The average molecular weight is 283 g/mol. The molecule has 108 valence electrons. The second kappa shape index (κ2) is 5.91. The summed E-state index contributed by atoms with van der Waals surface area (Å²) in [5.74, 6) is 1.18. The number of likely N-dealkylation sites (tertiary alicyclic amines) is 1. The van der Waals surface area contributed by atoms with Crippen molar-refractivity contribution in [3.05, 3.63) is 54.1 Å². The highest BCUT2D eigenvalue weighted by Crippen LogP contribution is 2.29. The number of amides is 1. The van der Waals surface area contributed by atoms with Gasteiger partial charge in [0.1, 0.15) is 11.4 Å². The minimum Gasteiger partial charge on any atom is -0.497 e. The summed E-state index contributed by atoms with van der Waals surface area (Å²) >= 11 is 0. The van der Waals surface area contributed by atoms with E-state index in [-0.39, 0.29) is 5.91 Å². The Balaban J connectivity index is 1.69. The minimum absolute atomic E-state index is 0.0425. The van der Waals surface area contributed by atoms with Crippen molar-refractivity contribution < 1.29 is 9.53 Å². The number of carbonyl (C=O) groups is 1. The number of hydrogen-bond acceptors (Lipinski definition) is 4. The topological polar surface area (TPSA) is 55.3 Å². The van der Waals surface area contributed by atoms with E-state index in [1.165, 1.54) is 11.8 Å². The highest BCUT2D eigenvalue weighted by atomic mass is 16.5. The molecule has 1 aromatic carbocycles. The maximum absolute atomic E-state index is 12.3. The molecule has 0 saturated carbocycles. The van der Waals surface area contributed by atoms with E-state index >= 15 is 0 Å². The molecule has 1 amide bonds. The lowest BCUT2D eigenvalue weighted by Gasteiger charge is -2.16. The van der Waals surface area contributed by atoms with Crippen LogP contribution in [0.2, 0.25) is 0 Å². The third kappa shape index (κ3) is 2.86. The molecule has 1 atom stereocenters. The van der Waals surface area contributed by atoms with E-state index in [2.05, 4.69) is 22.1 Å². The predicted octanol–water partition coefficient (Wildman–Crippen LogP) is 2.11. The number of benzene rings is 1. The van der Waals surface area contributed by atoms with Crippen molar-refractivity contribution in [2.24, 2.45) is 0 Å². The molecule has 1 fully saturated rings. The first-order valence-corrected chi connectivity index (χ1v) is 6.97. The summed E-state index contributed by atoms with van der Waals surface area (Å²) in [5.41, 5.74) is 1.65. The van der Waals surface area contributed by atoms with Gasteiger partial charge in [-0.15, -0.1) is 0 Å². The molecule has 0 unspecified atom stereocenters. The highest BCUT2D eigenvalue weighted by molar-refractivity contribution is 5.92. The average Bonchev–Trinajstić information content (AvgIpc) is 3.05. The fourth-order valence-corrected chi connectivity index (χ4v) is 2.66. The Bertz CT molecular complexity index is 613. The molecular weight excluding hydrogens is 266 g/mol. The largest absolute Gasteiger partial charge is 0.497 e. The summed E-state index contributed by atoms with van der Waals surface area (Å²) in [6.45, 7) is 1.48. The molecule has 3 rings (SSSR count). The van der Waals surface area contributed by atoms with Crippen molar-refractivity contribution >= 4 is 5.91 Å². The minimum atomic E-state index is -0.0425. The van der Waals surface area contributed by atoms with E-state index in [0.29, 0.717) is 11.6 Å². The van der Waals surface area contributed by atoms with Gasteiger partial charge in [-0.3, -0.25) is 9.78 Å². The third-order valence-electron chi connectivity index (χ3n) is 3.84. The van der Waals surface area contributed by atoms with Gasteiger partial charge >= 0.3 is 0 Å². The Morgan fingerprint density at radius 1 is 1.29 bits per heavy atom. The molecule has 0 N–H and O–H groups in total. The maximum atomic E-state index is 12.3. The molecule has 21 heavy (non-hydrogen) atoms. The summed E-state index contributed by atoms with van der Waals surface area (Å²) in [5, 5.41) is 0. The molecule has 1 saturated heterocycles. The molecule has 5 nitrogen and oxygen atoms in total. The van der Waals surface area contributed by atoms with Gasteiger partial charge in [0.15, 0.2) is 0 Å². The van der Waals surface area contributed by atoms with Gasteiger partial charge < -0.3 is 9.64 Å². The van der Waals surface area contributed by atoms with E-state index in [0.717, 1.165) is 25.3 Å². The van der Waals surface area contributed by atoms with E-state index in [9.17, 15) is 4.79 Å². The molecule has 1 aliphatic heterocycles. The fraction of sp³-hybridized carbons (Fsp3) is 0.312. The molecule has 2 heterocycles. The Morgan fingerprint density at radius 2 is 2.10 bits per heavy atom. The zero-order valence-electron chi connectivity index (χ0n) is 11.9. The summed E-state index contributed by atoms with van der Waals surface area (Å²) in [6, 6.07) is 8.06. The smallest absolute Gasteiger partial charge is 0.274 e. The molecule has 0 radical (unpaired) electrons. The first-order chi connectivity index (χ1) is 10.3. The van der Waals surface area contributed by atoms with Crippen molar-refractivity contribution in [2.45, 2.75) is 12.3 Å². The monoisotopic (exact) mass is 283 g/mol. The van der Waals surface area contributed by atoms with Crippen LogP contribution in [0.1, 0.15) is 28.4 Å². The summed E-state index contributed by atoms with van der Waals surface area (Å²) in [6.07, 6.45) is 5.60. The third-order valence-corrected chi connectivity index (χ3v) is 3.84. The quantitative estimate of drug-likeness (QED) is 0.865. The number of aromatic nitrogens is 2. The Hall–Kier alpha value is -2.43. The van der Waals surface area contributed by atoms with Gasteiger partial charge in [0.05, 0.1) is 13.3 Å². The molecule has 2 aromatic rings. The number of methoxy groups -OCH3 is 1. The van der Waals surface area contributed by atoms with Crippen LogP contribution in [0.5, 0.6) is 5.75 Å². The number of rotatable bonds is 3. The van der Waals surface area contributed by atoms with Crippen molar-refractivity contribution in [1.82, 2.24) is 14.9 Å². The molecule has 0 spiro atoms. The van der Waals surface area contributed by atoms with Crippen LogP contribution < -0.4 is 4.74 Å². The van der Waals surface area contributed by atoms with Crippen LogP contribution in [0.3, 0.4) is 0 Å². The van der Waals surface area contributed by atoms with Crippen LogP contribution in [-0.2, 0) is 0 Å². The molecule has 1 aromatic heterocycles. The van der Waals surface area contributed by atoms with Crippen LogP contribution in [0.15, 0.2) is 42.9 Å². The van der Waals surface area contributed by atoms with Gasteiger partial charge in [0, 0.05) is 31.4 Å². The lowest BCUT2D eigenvalue weighted by Crippen LogP contribution is -2.29. The van der Waals surface area contributed by atoms with E-state index < -0.39 is 0 Å². The van der Waals surface area contributed by atoms with Crippen LogP contribution >= 0.6 is 0 Å². The van der Waals surface area contributed by atoms with Crippen LogP contribution in [0.4, 0.5) is 0 Å². The number of carbonyl (C=O) groups excluding carboxylic acids is 1. The van der Waals surface area contributed by atoms with Gasteiger partial charge in [-0.1, -0.05) is 12.1 Å². The van der Waals surface area contributed by atoms with Crippen LogP contribution in [-0.4, -0.2) is 41.0 Å². The summed E-state index contributed by atoms with van der Waals surface area (Å²) < 4.78 is 5.17. The first kappa shape index (κ1) is 13.5. The van der Waals surface area contributed by atoms with Crippen molar-refractivity contribution in [3.63, 3.8) is 0 Å². The zero-order valence-corrected chi connectivity index (χ0v) is 11.9. The Labute approximate surface area is 123 Å². The standard InChI is InChI=1S/C16H17N3O2/c1-21-14-4-2-12(3-5-14)13-6-9-19(11-13)16(20)15-10-17-7-8-18-15/h2-5,7-8,10,13H,6,9,11H2,1H3/t13-/m0/s1. The van der Waals surface area contributed by atoms with Crippen LogP contribution in [0.25, 0.3) is 0 Å². The SMILES string of the molecule is COc1ccc([C@H]2CCN(C(=O)c3cnccn3)C2)cc1.